The summed E-state index contributed by atoms with van der Waals surface area (Å²) in [6, 6.07) is 4.41. The van der Waals surface area contributed by atoms with Gasteiger partial charge in [-0.2, -0.15) is 0 Å². The molecule has 0 aliphatic rings. The highest BCUT2D eigenvalue weighted by molar-refractivity contribution is 5.14. The van der Waals surface area contributed by atoms with Gasteiger partial charge in [-0.15, -0.1) is 0 Å². The highest BCUT2D eigenvalue weighted by atomic mass is 14.6. The summed E-state index contributed by atoms with van der Waals surface area (Å²) in [6.45, 7) is 6.55. The summed E-state index contributed by atoms with van der Waals surface area (Å²) in [7, 11) is 0. The van der Waals surface area contributed by atoms with E-state index in [1.165, 1.54) is 5.56 Å². The Kier molecular flexibility index (Phi) is 4.08. The van der Waals surface area contributed by atoms with Crippen LogP contribution in [0.3, 0.4) is 0 Å². The van der Waals surface area contributed by atoms with Crippen LogP contribution in [0.4, 0.5) is 0 Å². The minimum atomic E-state index is 0.282. The van der Waals surface area contributed by atoms with E-state index in [1.807, 2.05) is 18.5 Å². The maximum atomic E-state index is 5.79. The van der Waals surface area contributed by atoms with Crippen LogP contribution in [0.25, 0.3) is 0 Å². The molecule has 78 valence electrons. The number of hydrogen-bond acceptors (Lipinski definition) is 2. The van der Waals surface area contributed by atoms with Gasteiger partial charge in [0.1, 0.15) is 0 Å². The highest BCUT2D eigenvalue weighted by Crippen LogP contribution is 2.26. The van der Waals surface area contributed by atoms with Crippen LogP contribution in [0.15, 0.2) is 24.5 Å². The molecule has 0 spiro atoms. The molecule has 1 aromatic heterocycles. The summed E-state index contributed by atoms with van der Waals surface area (Å²) < 4.78 is 0. The van der Waals surface area contributed by atoms with Gasteiger partial charge in [0.05, 0.1) is 0 Å². The van der Waals surface area contributed by atoms with E-state index < -0.39 is 0 Å². The Hall–Kier alpha value is -0.890. The second-order valence-electron chi connectivity index (χ2n) is 4.27. The van der Waals surface area contributed by atoms with Crippen molar-refractivity contribution in [2.24, 2.45) is 11.7 Å². The van der Waals surface area contributed by atoms with Crippen molar-refractivity contribution in [2.45, 2.75) is 39.2 Å². The monoisotopic (exact) mass is 192 g/mol. The molecule has 1 heterocycles. The molecule has 3 unspecified atom stereocenters. The Balaban J connectivity index is 2.61. The molecule has 1 rings (SSSR count). The summed E-state index contributed by atoms with van der Waals surface area (Å²) in [5.41, 5.74) is 7.10. The van der Waals surface area contributed by atoms with Crippen molar-refractivity contribution in [3.05, 3.63) is 30.1 Å². The number of pyridine rings is 1. The first-order chi connectivity index (χ1) is 6.61. The van der Waals surface area contributed by atoms with Gasteiger partial charge in [0.2, 0.25) is 0 Å². The van der Waals surface area contributed by atoms with Gasteiger partial charge in [0.25, 0.3) is 0 Å². The smallest absolute Gasteiger partial charge is 0.0302 e. The molecule has 0 bridgehead atoms. The standard InChI is InChI=1S/C12H20N2/c1-9(7-10(2)13)11(3)12-5-4-6-14-8-12/h4-6,8-11H,7,13H2,1-3H3. The Morgan fingerprint density at radius 3 is 2.57 bits per heavy atom. The zero-order valence-electron chi connectivity index (χ0n) is 9.27. The minimum absolute atomic E-state index is 0.282. The molecule has 0 aliphatic heterocycles. The van der Waals surface area contributed by atoms with Crippen molar-refractivity contribution in [1.29, 1.82) is 0 Å². The topological polar surface area (TPSA) is 38.9 Å². The van der Waals surface area contributed by atoms with Crippen molar-refractivity contribution in [3.8, 4) is 0 Å². The molecule has 0 radical (unpaired) electrons. The fourth-order valence-corrected chi connectivity index (χ4v) is 1.76. The second kappa shape index (κ2) is 5.11. The number of rotatable bonds is 4. The first-order valence-electron chi connectivity index (χ1n) is 5.26. The number of hydrogen-bond donors (Lipinski definition) is 1. The summed E-state index contributed by atoms with van der Waals surface area (Å²) >= 11 is 0. The molecule has 2 N–H and O–H groups in total. The Bertz CT molecular complexity index is 256. The van der Waals surface area contributed by atoms with E-state index in [1.54, 1.807) is 0 Å². The van der Waals surface area contributed by atoms with Crippen LogP contribution in [-0.4, -0.2) is 11.0 Å². The summed E-state index contributed by atoms with van der Waals surface area (Å²) in [6.07, 6.45) is 4.82. The summed E-state index contributed by atoms with van der Waals surface area (Å²) in [4.78, 5) is 4.14. The molecule has 2 nitrogen and oxygen atoms in total. The molecule has 1 aromatic rings. The third-order valence-electron chi connectivity index (χ3n) is 2.81. The van der Waals surface area contributed by atoms with E-state index in [0.717, 1.165) is 6.42 Å². The van der Waals surface area contributed by atoms with Crippen molar-refractivity contribution in [2.75, 3.05) is 0 Å². The van der Waals surface area contributed by atoms with Crippen LogP contribution in [0.2, 0.25) is 0 Å². The SMILES string of the molecule is CC(N)CC(C)C(C)c1cccnc1. The van der Waals surface area contributed by atoms with E-state index in [2.05, 4.69) is 31.8 Å². The predicted molar refractivity (Wildman–Crippen MR) is 60.1 cm³/mol. The van der Waals surface area contributed by atoms with Gasteiger partial charge in [0, 0.05) is 18.4 Å². The van der Waals surface area contributed by atoms with Gasteiger partial charge in [-0.05, 0) is 36.8 Å². The average Bonchev–Trinajstić information content (AvgIpc) is 2.17. The van der Waals surface area contributed by atoms with Gasteiger partial charge in [-0.1, -0.05) is 19.9 Å². The first kappa shape index (κ1) is 11.2. The van der Waals surface area contributed by atoms with Crippen LogP contribution >= 0.6 is 0 Å². The normalized spacial score (nSPS) is 17.4. The van der Waals surface area contributed by atoms with Gasteiger partial charge in [-0.25, -0.2) is 0 Å². The second-order valence-corrected chi connectivity index (χ2v) is 4.27. The molecule has 3 atom stereocenters. The van der Waals surface area contributed by atoms with Crippen molar-refractivity contribution >= 4 is 0 Å². The van der Waals surface area contributed by atoms with E-state index in [4.69, 9.17) is 5.73 Å². The van der Waals surface area contributed by atoms with Crippen molar-refractivity contribution in [3.63, 3.8) is 0 Å². The quantitative estimate of drug-likeness (QED) is 0.796. The number of aromatic nitrogens is 1. The maximum absolute atomic E-state index is 5.79. The zero-order valence-corrected chi connectivity index (χ0v) is 9.27. The molecule has 0 saturated heterocycles. The Morgan fingerprint density at radius 2 is 2.07 bits per heavy atom. The highest BCUT2D eigenvalue weighted by Gasteiger charge is 2.15. The van der Waals surface area contributed by atoms with Crippen LogP contribution in [0.5, 0.6) is 0 Å². The largest absolute Gasteiger partial charge is 0.328 e. The Labute approximate surface area is 86.5 Å². The lowest BCUT2D eigenvalue weighted by molar-refractivity contribution is 0.419. The molecular formula is C12H20N2. The van der Waals surface area contributed by atoms with Gasteiger partial charge in [0.15, 0.2) is 0 Å². The van der Waals surface area contributed by atoms with Crippen molar-refractivity contribution in [1.82, 2.24) is 4.98 Å². The van der Waals surface area contributed by atoms with Gasteiger partial charge in [-0.3, -0.25) is 4.98 Å². The van der Waals surface area contributed by atoms with E-state index >= 15 is 0 Å². The fourth-order valence-electron chi connectivity index (χ4n) is 1.76. The van der Waals surface area contributed by atoms with E-state index in [-0.39, 0.29) is 6.04 Å². The van der Waals surface area contributed by atoms with Gasteiger partial charge < -0.3 is 5.73 Å². The summed E-state index contributed by atoms with van der Waals surface area (Å²) in [5.74, 6) is 1.15. The number of nitrogens with two attached hydrogens (primary N) is 1. The third kappa shape index (κ3) is 3.11. The van der Waals surface area contributed by atoms with Gasteiger partial charge >= 0.3 is 0 Å². The molecule has 0 saturated carbocycles. The summed E-state index contributed by atoms with van der Waals surface area (Å²) in [5, 5.41) is 0. The maximum Gasteiger partial charge on any atom is 0.0302 e. The average molecular weight is 192 g/mol. The third-order valence-corrected chi connectivity index (χ3v) is 2.81. The van der Waals surface area contributed by atoms with Crippen molar-refractivity contribution < 1.29 is 0 Å². The number of nitrogens with zero attached hydrogens (tertiary/aromatic N) is 1. The van der Waals surface area contributed by atoms with Crippen LogP contribution in [-0.2, 0) is 0 Å². The van der Waals surface area contributed by atoms with Crippen LogP contribution in [0, 0.1) is 5.92 Å². The van der Waals surface area contributed by atoms with Crippen LogP contribution in [0.1, 0.15) is 38.7 Å². The lowest BCUT2D eigenvalue weighted by atomic mass is 9.86. The predicted octanol–water partition coefficient (Wildman–Crippen LogP) is 2.56. The molecule has 0 amide bonds. The molecular weight excluding hydrogens is 172 g/mol. The molecule has 2 heteroatoms. The van der Waals surface area contributed by atoms with Crippen LogP contribution < -0.4 is 5.73 Å². The fraction of sp³-hybridized carbons (Fsp3) is 0.583. The molecule has 0 aromatic carbocycles. The molecule has 0 fully saturated rings. The Morgan fingerprint density at radius 1 is 1.36 bits per heavy atom. The zero-order chi connectivity index (χ0) is 10.6. The lowest BCUT2D eigenvalue weighted by Gasteiger charge is -2.21. The lowest BCUT2D eigenvalue weighted by Crippen LogP contribution is -2.21. The minimum Gasteiger partial charge on any atom is -0.328 e. The van der Waals surface area contributed by atoms with E-state index in [0.29, 0.717) is 11.8 Å². The van der Waals surface area contributed by atoms with E-state index in [9.17, 15) is 0 Å². The first-order valence-corrected chi connectivity index (χ1v) is 5.26. The molecule has 0 aliphatic carbocycles. The molecule has 14 heavy (non-hydrogen) atoms.